The Labute approximate surface area is 96.4 Å². The van der Waals surface area contributed by atoms with E-state index < -0.39 is 0 Å². The third-order valence-electron chi connectivity index (χ3n) is 2.14. The number of carbonyl (C=O) groups is 1. The number of hydrogen-bond acceptors (Lipinski definition) is 3. The van der Waals surface area contributed by atoms with Gasteiger partial charge in [-0.05, 0) is 38.0 Å². The van der Waals surface area contributed by atoms with Crippen molar-refractivity contribution in [2.75, 3.05) is 7.11 Å². The van der Waals surface area contributed by atoms with E-state index in [0.717, 1.165) is 11.3 Å². The highest BCUT2D eigenvalue weighted by atomic mass is 16.5. The SMILES string of the molecule is COC(=O)CCc1ccc(OC(C)C)cc1. The summed E-state index contributed by atoms with van der Waals surface area (Å²) in [6.07, 6.45) is 1.30. The van der Waals surface area contributed by atoms with Crippen molar-refractivity contribution in [1.82, 2.24) is 0 Å². The Morgan fingerprint density at radius 3 is 2.38 bits per heavy atom. The van der Waals surface area contributed by atoms with Crippen LogP contribution in [-0.2, 0) is 16.0 Å². The average molecular weight is 222 g/mol. The molecule has 3 heteroatoms. The number of ether oxygens (including phenoxy) is 2. The van der Waals surface area contributed by atoms with Crippen LogP contribution in [0.15, 0.2) is 24.3 Å². The summed E-state index contributed by atoms with van der Waals surface area (Å²) in [6.45, 7) is 3.98. The van der Waals surface area contributed by atoms with Gasteiger partial charge in [0.25, 0.3) is 0 Å². The average Bonchev–Trinajstić information content (AvgIpc) is 2.27. The van der Waals surface area contributed by atoms with Gasteiger partial charge in [0.2, 0.25) is 0 Å². The van der Waals surface area contributed by atoms with E-state index in [4.69, 9.17) is 4.74 Å². The van der Waals surface area contributed by atoms with E-state index in [1.165, 1.54) is 7.11 Å². The molecule has 1 aromatic carbocycles. The first-order chi connectivity index (χ1) is 7.61. The van der Waals surface area contributed by atoms with Gasteiger partial charge in [0.1, 0.15) is 5.75 Å². The molecule has 0 spiro atoms. The fraction of sp³-hybridized carbons (Fsp3) is 0.462. The standard InChI is InChI=1S/C13H18O3/c1-10(2)16-12-7-4-11(5-8-12)6-9-13(14)15-3/h4-5,7-8,10H,6,9H2,1-3H3. The van der Waals surface area contributed by atoms with E-state index in [9.17, 15) is 4.79 Å². The summed E-state index contributed by atoms with van der Waals surface area (Å²) in [5.41, 5.74) is 1.11. The van der Waals surface area contributed by atoms with Crippen molar-refractivity contribution in [3.63, 3.8) is 0 Å². The molecule has 0 heterocycles. The van der Waals surface area contributed by atoms with Gasteiger partial charge in [-0.25, -0.2) is 0 Å². The summed E-state index contributed by atoms with van der Waals surface area (Å²) < 4.78 is 10.1. The molecule has 0 aromatic heterocycles. The molecule has 0 saturated heterocycles. The van der Waals surface area contributed by atoms with E-state index >= 15 is 0 Å². The molecule has 0 bridgehead atoms. The maximum absolute atomic E-state index is 11.0. The van der Waals surface area contributed by atoms with Crippen molar-refractivity contribution >= 4 is 5.97 Å². The highest BCUT2D eigenvalue weighted by Crippen LogP contribution is 2.14. The molecule has 0 saturated carbocycles. The Balaban J connectivity index is 2.48. The Morgan fingerprint density at radius 2 is 1.88 bits per heavy atom. The second-order valence-electron chi connectivity index (χ2n) is 3.89. The molecule has 0 aliphatic rings. The molecule has 88 valence electrons. The van der Waals surface area contributed by atoms with Crippen molar-refractivity contribution in [3.8, 4) is 5.75 Å². The molecule has 16 heavy (non-hydrogen) atoms. The minimum Gasteiger partial charge on any atom is -0.491 e. The van der Waals surface area contributed by atoms with Crippen LogP contribution in [-0.4, -0.2) is 19.2 Å². The first-order valence-corrected chi connectivity index (χ1v) is 5.44. The van der Waals surface area contributed by atoms with Crippen molar-refractivity contribution in [1.29, 1.82) is 0 Å². The minimum absolute atomic E-state index is 0.178. The number of carbonyl (C=O) groups excluding carboxylic acids is 1. The molecule has 0 fully saturated rings. The number of rotatable bonds is 5. The van der Waals surface area contributed by atoms with Crippen LogP contribution in [0.3, 0.4) is 0 Å². The van der Waals surface area contributed by atoms with Crippen LogP contribution < -0.4 is 4.74 Å². The molecule has 1 aromatic rings. The molecule has 0 N–H and O–H groups in total. The molecule has 0 radical (unpaired) electrons. The van der Waals surface area contributed by atoms with Gasteiger partial charge in [0.05, 0.1) is 13.2 Å². The first-order valence-electron chi connectivity index (χ1n) is 5.44. The van der Waals surface area contributed by atoms with E-state index in [-0.39, 0.29) is 12.1 Å². The molecule has 0 unspecified atom stereocenters. The van der Waals surface area contributed by atoms with Crippen molar-refractivity contribution in [2.24, 2.45) is 0 Å². The van der Waals surface area contributed by atoms with Gasteiger partial charge in [-0.3, -0.25) is 4.79 Å². The maximum Gasteiger partial charge on any atom is 0.305 e. The van der Waals surface area contributed by atoms with Crippen LogP contribution in [0.5, 0.6) is 5.75 Å². The molecular weight excluding hydrogens is 204 g/mol. The van der Waals surface area contributed by atoms with Crippen LogP contribution in [0, 0.1) is 0 Å². The molecule has 3 nitrogen and oxygen atoms in total. The smallest absolute Gasteiger partial charge is 0.305 e. The van der Waals surface area contributed by atoms with E-state index in [0.29, 0.717) is 12.8 Å². The van der Waals surface area contributed by atoms with Gasteiger partial charge in [-0.15, -0.1) is 0 Å². The van der Waals surface area contributed by atoms with Gasteiger partial charge in [0.15, 0.2) is 0 Å². The molecule has 1 rings (SSSR count). The summed E-state index contributed by atoms with van der Waals surface area (Å²) in [4.78, 5) is 11.0. The summed E-state index contributed by atoms with van der Waals surface area (Å²) >= 11 is 0. The second-order valence-corrected chi connectivity index (χ2v) is 3.89. The first kappa shape index (κ1) is 12.6. The Morgan fingerprint density at radius 1 is 1.25 bits per heavy atom. The van der Waals surface area contributed by atoms with Gasteiger partial charge in [-0.1, -0.05) is 12.1 Å². The fourth-order valence-electron chi connectivity index (χ4n) is 1.36. The van der Waals surface area contributed by atoms with E-state index in [1.807, 2.05) is 38.1 Å². The van der Waals surface area contributed by atoms with Crippen molar-refractivity contribution < 1.29 is 14.3 Å². The monoisotopic (exact) mass is 222 g/mol. The lowest BCUT2D eigenvalue weighted by Gasteiger charge is -2.09. The van der Waals surface area contributed by atoms with E-state index in [1.54, 1.807) is 0 Å². The summed E-state index contributed by atoms with van der Waals surface area (Å²) in [5.74, 6) is 0.680. The largest absolute Gasteiger partial charge is 0.491 e. The Hall–Kier alpha value is -1.51. The zero-order chi connectivity index (χ0) is 12.0. The van der Waals surface area contributed by atoms with Crippen LogP contribution in [0.2, 0.25) is 0 Å². The highest BCUT2D eigenvalue weighted by molar-refractivity contribution is 5.69. The third kappa shape index (κ3) is 4.34. The predicted molar refractivity (Wildman–Crippen MR) is 62.5 cm³/mol. The fourth-order valence-corrected chi connectivity index (χ4v) is 1.36. The van der Waals surface area contributed by atoms with Crippen LogP contribution in [0.25, 0.3) is 0 Å². The quantitative estimate of drug-likeness (QED) is 0.718. The van der Waals surface area contributed by atoms with Gasteiger partial charge in [0, 0.05) is 6.42 Å². The van der Waals surface area contributed by atoms with Crippen molar-refractivity contribution in [2.45, 2.75) is 32.8 Å². The molecule has 0 aliphatic carbocycles. The van der Waals surface area contributed by atoms with Gasteiger partial charge in [-0.2, -0.15) is 0 Å². The Bertz CT molecular complexity index is 328. The van der Waals surface area contributed by atoms with E-state index in [2.05, 4.69) is 4.74 Å². The highest BCUT2D eigenvalue weighted by Gasteiger charge is 2.02. The number of hydrogen-bond donors (Lipinski definition) is 0. The number of esters is 1. The zero-order valence-corrected chi connectivity index (χ0v) is 10.0. The summed E-state index contributed by atoms with van der Waals surface area (Å²) in [7, 11) is 1.40. The summed E-state index contributed by atoms with van der Waals surface area (Å²) in [5, 5.41) is 0. The normalized spacial score (nSPS) is 10.2. The van der Waals surface area contributed by atoms with Crippen LogP contribution in [0.4, 0.5) is 0 Å². The topological polar surface area (TPSA) is 35.5 Å². The molecular formula is C13H18O3. The number of benzene rings is 1. The molecule has 0 aliphatic heterocycles. The number of aryl methyl sites for hydroxylation is 1. The second kappa shape index (κ2) is 6.16. The lowest BCUT2D eigenvalue weighted by molar-refractivity contribution is -0.140. The zero-order valence-electron chi connectivity index (χ0n) is 10.0. The third-order valence-corrected chi connectivity index (χ3v) is 2.14. The van der Waals surface area contributed by atoms with Gasteiger partial charge >= 0.3 is 5.97 Å². The summed E-state index contributed by atoms with van der Waals surface area (Å²) in [6, 6.07) is 7.79. The van der Waals surface area contributed by atoms with Crippen molar-refractivity contribution in [3.05, 3.63) is 29.8 Å². The lowest BCUT2D eigenvalue weighted by atomic mass is 10.1. The number of methoxy groups -OCH3 is 1. The molecule has 0 atom stereocenters. The Kier molecular flexibility index (Phi) is 4.83. The molecule has 0 amide bonds. The van der Waals surface area contributed by atoms with Crippen LogP contribution >= 0.6 is 0 Å². The lowest BCUT2D eigenvalue weighted by Crippen LogP contribution is -2.05. The predicted octanol–water partition coefficient (Wildman–Crippen LogP) is 2.58. The maximum atomic E-state index is 11.0. The van der Waals surface area contributed by atoms with Gasteiger partial charge < -0.3 is 9.47 Å². The minimum atomic E-state index is -0.178. The van der Waals surface area contributed by atoms with Crippen LogP contribution in [0.1, 0.15) is 25.8 Å².